The highest BCUT2D eigenvalue weighted by Gasteiger charge is 2.31. The lowest BCUT2D eigenvalue weighted by molar-refractivity contribution is 0.242. The van der Waals surface area contributed by atoms with Crippen molar-refractivity contribution in [2.45, 2.75) is 44.6 Å². The molecule has 0 aromatic heterocycles. The SMILES string of the molecule is CCCN(CC1CCNc2ccccc21)C1CC1. The topological polar surface area (TPSA) is 15.3 Å². The number of para-hydroxylation sites is 1. The van der Waals surface area contributed by atoms with Gasteiger partial charge in [0, 0.05) is 30.7 Å². The Kier molecular flexibility index (Phi) is 3.55. The molecule has 2 heteroatoms. The number of hydrogen-bond acceptors (Lipinski definition) is 2. The number of nitrogens with zero attached hydrogens (tertiary/aromatic N) is 1. The molecular formula is C16H24N2. The van der Waals surface area contributed by atoms with Crippen LogP contribution in [0.5, 0.6) is 0 Å². The van der Waals surface area contributed by atoms with E-state index in [1.807, 2.05) is 0 Å². The highest BCUT2D eigenvalue weighted by Crippen LogP contribution is 2.35. The van der Waals surface area contributed by atoms with Gasteiger partial charge < -0.3 is 5.32 Å². The minimum absolute atomic E-state index is 0.731. The number of anilines is 1. The first-order chi connectivity index (χ1) is 8.88. The van der Waals surface area contributed by atoms with E-state index in [1.54, 1.807) is 0 Å². The molecule has 0 spiro atoms. The van der Waals surface area contributed by atoms with Gasteiger partial charge in [-0.25, -0.2) is 0 Å². The van der Waals surface area contributed by atoms with E-state index in [0.29, 0.717) is 0 Å². The lowest BCUT2D eigenvalue weighted by Gasteiger charge is -2.32. The van der Waals surface area contributed by atoms with Gasteiger partial charge in [0.15, 0.2) is 0 Å². The van der Waals surface area contributed by atoms with Gasteiger partial charge in [-0.15, -0.1) is 0 Å². The maximum Gasteiger partial charge on any atom is 0.0376 e. The molecule has 1 aliphatic carbocycles. The summed E-state index contributed by atoms with van der Waals surface area (Å²) in [7, 11) is 0. The summed E-state index contributed by atoms with van der Waals surface area (Å²) in [6.07, 6.45) is 5.41. The van der Waals surface area contributed by atoms with Gasteiger partial charge in [0.1, 0.15) is 0 Å². The van der Waals surface area contributed by atoms with Gasteiger partial charge in [-0.3, -0.25) is 4.90 Å². The van der Waals surface area contributed by atoms with Crippen LogP contribution in [0.3, 0.4) is 0 Å². The zero-order valence-corrected chi connectivity index (χ0v) is 11.4. The minimum atomic E-state index is 0.731. The zero-order valence-electron chi connectivity index (χ0n) is 11.4. The van der Waals surface area contributed by atoms with Crippen LogP contribution >= 0.6 is 0 Å². The lowest BCUT2D eigenvalue weighted by atomic mass is 9.90. The van der Waals surface area contributed by atoms with Crippen molar-refractivity contribution in [3.63, 3.8) is 0 Å². The molecule has 1 heterocycles. The van der Waals surface area contributed by atoms with Crippen molar-refractivity contribution < 1.29 is 0 Å². The van der Waals surface area contributed by atoms with Gasteiger partial charge in [-0.05, 0) is 43.9 Å². The van der Waals surface area contributed by atoms with E-state index in [-0.39, 0.29) is 0 Å². The number of rotatable bonds is 5. The Labute approximate surface area is 110 Å². The molecule has 1 aliphatic heterocycles. The Morgan fingerprint density at radius 3 is 2.83 bits per heavy atom. The standard InChI is InChI=1S/C16H24N2/c1-2-11-18(14-7-8-14)12-13-9-10-17-16-6-4-3-5-15(13)16/h3-6,13-14,17H,2,7-12H2,1H3. The van der Waals surface area contributed by atoms with Gasteiger partial charge in [-0.2, -0.15) is 0 Å². The third kappa shape index (κ3) is 2.54. The molecule has 1 saturated carbocycles. The van der Waals surface area contributed by atoms with Crippen molar-refractivity contribution in [2.24, 2.45) is 0 Å². The van der Waals surface area contributed by atoms with E-state index >= 15 is 0 Å². The molecule has 0 radical (unpaired) electrons. The van der Waals surface area contributed by atoms with Crippen LogP contribution in [-0.2, 0) is 0 Å². The summed E-state index contributed by atoms with van der Waals surface area (Å²) >= 11 is 0. The Morgan fingerprint density at radius 2 is 2.06 bits per heavy atom. The van der Waals surface area contributed by atoms with Crippen molar-refractivity contribution in [2.75, 3.05) is 25.0 Å². The fourth-order valence-corrected chi connectivity index (χ4v) is 3.17. The largest absolute Gasteiger partial charge is 0.385 e. The zero-order chi connectivity index (χ0) is 12.4. The number of hydrogen-bond donors (Lipinski definition) is 1. The molecule has 1 fully saturated rings. The maximum atomic E-state index is 3.52. The Hall–Kier alpha value is -1.02. The Morgan fingerprint density at radius 1 is 1.22 bits per heavy atom. The van der Waals surface area contributed by atoms with Crippen LogP contribution in [0.4, 0.5) is 5.69 Å². The third-order valence-corrected chi connectivity index (χ3v) is 4.24. The second-order valence-electron chi connectivity index (χ2n) is 5.73. The molecule has 98 valence electrons. The Bertz CT molecular complexity index is 398. The van der Waals surface area contributed by atoms with Crippen LogP contribution in [0, 0.1) is 0 Å². The first-order valence-electron chi connectivity index (χ1n) is 7.45. The van der Waals surface area contributed by atoms with Gasteiger partial charge in [-0.1, -0.05) is 25.1 Å². The van der Waals surface area contributed by atoms with Crippen LogP contribution in [0.1, 0.15) is 44.1 Å². The molecule has 1 aromatic rings. The van der Waals surface area contributed by atoms with E-state index in [4.69, 9.17) is 0 Å². The molecule has 1 unspecified atom stereocenters. The summed E-state index contributed by atoms with van der Waals surface area (Å²) in [5, 5.41) is 3.52. The molecule has 1 N–H and O–H groups in total. The molecule has 0 bridgehead atoms. The summed E-state index contributed by atoms with van der Waals surface area (Å²) < 4.78 is 0. The van der Waals surface area contributed by atoms with E-state index in [2.05, 4.69) is 41.4 Å². The second-order valence-corrected chi connectivity index (χ2v) is 5.73. The van der Waals surface area contributed by atoms with Crippen LogP contribution in [0.15, 0.2) is 24.3 Å². The molecule has 1 atom stereocenters. The third-order valence-electron chi connectivity index (χ3n) is 4.24. The van der Waals surface area contributed by atoms with Gasteiger partial charge >= 0.3 is 0 Å². The predicted octanol–water partition coefficient (Wildman–Crippen LogP) is 3.46. The van der Waals surface area contributed by atoms with Gasteiger partial charge in [0.2, 0.25) is 0 Å². The first kappa shape index (κ1) is 12.0. The highest BCUT2D eigenvalue weighted by molar-refractivity contribution is 5.54. The molecule has 18 heavy (non-hydrogen) atoms. The van der Waals surface area contributed by atoms with Gasteiger partial charge in [0.25, 0.3) is 0 Å². The molecule has 2 aliphatic rings. The number of benzene rings is 1. The molecule has 0 saturated heterocycles. The highest BCUT2D eigenvalue weighted by atomic mass is 15.2. The number of fused-ring (bicyclic) bond motifs is 1. The predicted molar refractivity (Wildman–Crippen MR) is 77.2 cm³/mol. The van der Waals surface area contributed by atoms with Crippen molar-refractivity contribution >= 4 is 5.69 Å². The summed E-state index contributed by atoms with van der Waals surface area (Å²) in [5.41, 5.74) is 2.89. The molecular weight excluding hydrogens is 220 g/mol. The van der Waals surface area contributed by atoms with E-state index in [0.717, 1.165) is 18.5 Å². The molecule has 2 nitrogen and oxygen atoms in total. The van der Waals surface area contributed by atoms with Crippen LogP contribution in [0.25, 0.3) is 0 Å². The van der Waals surface area contributed by atoms with Crippen molar-refractivity contribution in [3.05, 3.63) is 29.8 Å². The lowest BCUT2D eigenvalue weighted by Crippen LogP contribution is -2.33. The summed E-state index contributed by atoms with van der Waals surface area (Å²) in [5.74, 6) is 0.731. The van der Waals surface area contributed by atoms with Crippen molar-refractivity contribution in [3.8, 4) is 0 Å². The summed E-state index contributed by atoms with van der Waals surface area (Å²) in [6.45, 7) is 5.96. The monoisotopic (exact) mass is 244 g/mol. The molecule has 3 rings (SSSR count). The maximum absolute atomic E-state index is 3.52. The van der Waals surface area contributed by atoms with E-state index in [9.17, 15) is 0 Å². The molecule has 1 aromatic carbocycles. The number of nitrogens with one attached hydrogen (secondary N) is 1. The quantitative estimate of drug-likeness (QED) is 0.853. The average Bonchev–Trinajstić information content (AvgIpc) is 3.23. The van der Waals surface area contributed by atoms with Crippen molar-refractivity contribution in [1.82, 2.24) is 4.90 Å². The summed E-state index contributed by atoms with van der Waals surface area (Å²) in [4.78, 5) is 2.73. The van der Waals surface area contributed by atoms with Crippen LogP contribution in [0.2, 0.25) is 0 Å². The average molecular weight is 244 g/mol. The second kappa shape index (κ2) is 5.31. The minimum Gasteiger partial charge on any atom is -0.385 e. The Balaban J connectivity index is 1.72. The van der Waals surface area contributed by atoms with Crippen LogP contribution in [-0.4, -0.2) is 30.6 Å². The van der Waals surface area contributed by atoms with Crippen LogP contribution < -0.4 is 5.32 Å². The summed E-state index contributed by atoms with van der Waals surface area (Å²) in [6, 6.07) is 9.75. The molecule has 0 amide bonds. The van der Waals surface area contributed by atoms with E-state index < -0.39 is 0 Å². The normalized spacial score (nSPS) is 22.7. The van der Waals surface area contributed by atoms with Gasteiger partial charge in [0.05, 0.1) is 0 Å². The first-order valence-corrected chi connectivity index (χ1v) is 7.45. The smallest absolute Gasteiger partial charge is 0.0376 e. The fourth-order valence-electron chi connectivity index (χ4n) is 3.17. The van der Waals surface area contributed by atoms with E-state index in [1.165, 1.54) is 50.0 Å². The van der Waals surface area contributed by atoms with Crippen molar-refractivity contribution in [1.29, 1.82) is 0 Å². The fraction of sp³-hybridized carbons (Fsp3) is 0.625.